The van der Waals surface area contributed by atoms with Gasteiger partial charge in [0.2, 0.25) is 10.0 Å². The Morgan fingerprint density at radius 3 is 2.40 bits per heavy atom. The van der Waals surface area contributed by atoms with Gasteiger partial charge in [-0.3, -0.25) is 0 Å². The fourth-order valence-electron chi connectivity index (χ4n) is 2.04. The van der Waals surface area contributed by atoms with Crippen LogP contribution in [0.15, 0.2) is 6.20 Å². The number of nitrogens with one attached hydrogen (secondary N) is 1. The van der Waals surface area contributed by atoms with E-state index in [0.717, 1.165) is 12.1 Å². The molecule has 0 bridgehead atoms. The van der Waals surface area contributed by atoms with Crippen molar-refractivity contribution in [3.63, 3.8) is 0 Å². The molecular weight excluding hydrogens is 344 g/mol. The lowest BCUT2D eigenvalue weighted by Crippen LogP contribution is -2.33. The number of sulfonamides is 1. The van der Waals surface area contributed by atoms with Gasteiger partial charge in [0.05, 0.1) is 50.1 Å². The fraction of sp³-hybridized carbons (Fsp3) is 0.875. The minimum absolute atomic E-state index is 0.186. The van der Waals surface area contributed by atoms with Gasteiger partial charge in [-0.1, -0.05) is 26.0 Å². The van der Waals surface area contributed by atoms with E-state index in [-0.39, 0.29) is 12.0 Å². The van der Waals surface area contributed by atoms with E-state index in [1.807, 2.05) is 4.68 Å². The molecule has 0 unspecified atom stereocenters. The summed E-state index contributed by atoms with van der Waals surface area (Å²) in [6.07, 6.45) is 2.71. The Hall–Kier alpha value is -1.03. The molecule has 0 aliphatic rings. The Morgan fingerprint density at radius 2 is 1.80 bits per heavy atom. The number of aromatic nitrogens is 3. The van der Waals surface area contributed by atoms with Crippen LogP contribution in [0.1, 0.15) is 40.3 Å². The topological polar surface area (TPSA) is 95.3 Å². The van der Waals surface area contributed by atoms with Crippen LogP contribution in [0.25, 0.3) is 0 Å². The Balaban J connectivity index is 2.09. The third kappa shape index (κ3) is 9.29. The zero-order valence-electron chi connectivity index (χ0n) is 16.0. The first kappa shape index (κ1) is 22.0. The summed E-state index contributed by atoms with van der Waals surface area (Å²) < 4.78 is 38.3. The summed E-state index contributed by atoms with van der Waals surface area (Å²) in [5.74, 6) is 0. The summed E-state index contributed by atoms with van der Waals surface area (Å²) in [6, 6.07) is 0. The number of rotatable bonds is 12. The van der Waals surface area contributed by atoms with Crippen LogP contribution >= 0.6 is 0 Å². The molecule has 0 aliphatic heterocycles. The molecule has 1 heterocycles. The van der Waals surface area contributed by atoms with Crippen LogP contribution in [0.5, 0.6) is 0 Å². The van der Waals surface area contributed by atoms with Gasteiger partial charge < -0.3 is 9.47 Å². The molecule has 1 aromatic rings. The van der Waals surface area contributed by atoms with Crippen molar-refractivity contribution in [2.45, 2.75) is 52.8 Å². The van der Waals surface area contributed by atoms with Crippen molar-refractivity contribution < 1.29 is 17.9 Å². The number of nitrogens with zero attached hydrogens (tertiary/aromatic N) is 3. The van der Waals surface area contributed by atoms with Crippen molar-refractivity contribution in [1.29, 1.82) is 0 Å². The van der Waals surface area contributed by atoms with E-state index in [9.17, 15) is 8.42 Å². The largest absolute Gasteiger partial charge is 0.378 e. The van der Waals surface area contributed by atoms with Gasteiger partial charge in [-0.15, -0.1) is 5.10 Å². The van der Waals surface area contributed by atoms with E-state index in [4.69, 9.17) is 9.47 Å². The first-order valence-electron chi connectivity index (χ1n) is 8.63. The maximum Gasteiger partial charge on any atom is 0.214 e. The summed E-state index contributed by atoms with van der Waals surface area (Å²) in [5, 5.41) is 7.62. The first-order valence-corrected chi connectivity index (χ1v) is 10.2. The van der Waals surface area contributed by atoms with Crippen molar-refractivity contribution in [1.82, 2.24) is 19.7 Å². The van der Waals surface area contributed by atoms with Crippen molar-refractivity contribution >= 4 is 10.0 Å². The lowest BCUT2D eigenvalue weighted by molar-refractivity contribution is 0.0456. The lowest BCUT2D eigenvalue weighted by atomic mass is 9.91. The molecule has 0 aromatic carbocycles. The molecule has 0 aliphatic carbocycles. The smallest absolute Gasteiger partial charge is 0.214 e. The predicted molar refractivity (Wildman–Crippen MR) is 96.9 cm³/mol. The monoisotopic (exact) mass is 376 g/mol. The third-order valence-electron chi connectivity index (χ3n) is 3.40. The Bertz CT molecular complexity index is 594. The van der Waals surface area contributed by atoms with E-state index < -0.39 is 15.3 Å². The summed E-state index contributed by atoms with van der Waals surface area (Å²) in [4.78, 5) is 0. The van der Waals surface area contributed by atoms with Gasteiger partial charge in [-0.2, -0.15) is 0 Å². The number of ether oxygens (including phenoxy) is 2. The normalized spacial score (nSPS) is 12.9. The van der Waals surface area contributed by atoms with Crippen molar-refractivity contribution in [3.05, 3.63) is 11.9 Å². The molecule has 0 saturated heterocycles. The van der Waals surface area contributed by atoms with Crippen molar-refractivity contribution in [2.24, 2.45) is 5.41 Å². The van der Waals surface area contributed by atoms with Crippen LogP contribution in [-0.2, 0) is 32.5 Å². The highest BCUT2D eigenvalue weighted by molar-refractivity contribution is 7.90. The minimum atomic E-state index is -3.22. The van der Waals surface area contributed by atoms with E-state index >= 15 is 0 Å². The van der Waals surface area contributed by atoms with E-state index in [2.05, 4.69) is 35.8 Å². The van der Waals surface area contributed by atoms with Crippen LogP contribution in [0, 0.1) is 5.41 Å². The van der Waals surface area contributed by atoms with Gasteiger partial charge in [0.15, 0.2) is 0 Å². The first-order chi connectivity index (χ1) is 11.6. The highest BCUT2D eigenvalue weighted by Gasteiger charge is 2.15. The zero-order valence-corrected chi connectivity index (χ0v) is 16.8. The second-order valence-corrected chi connectivity index (χ2v) is 9.72. The predicted octanol–water partition coefficient (Wildman–Crippen LogP) is 1.23. The summed E-state index contributed by atoms with van der Waals surface area (Å²) in [6.45, 7) is 12.5. The van der Waals surface area contributed by atoms with Gasteiger partial charge >= 0.3 is 0 Å². The molecule has 0 saturated carbocycles. The average Bonchev–Trinajstić information content (AvgIpc) is 2.90. The molecule has 0 fully saturated rings. The molecule has 25 heavy (non-hydrogen) atoms. The average molecular weight is 377 g/mol. The standard InChI is InChI=1S/C16H32N4O4S/c1-14(2)25(21,22)18-6-8-23-10-11-24-9-7-20-15(13-17-19-20)12-16(3,4)5/h13-14,18H,6-12H2,1-5H3. The molecule has 0 radical (unpaired) electrons. The Labute approximate surface area is 151 Å². The highest BCUT2D eigenvalue weighted by Crippen LogP contribution is 2.19. The maximum absolute atomic E-state index is 11.5. The van der Waals surface area contributed by atoms with Gasteiger partial charge in [-0.05, 0) is 25.7 Å². The molecular formula is C16H32N4O4S. The quantitative estimate of drug-likeness (QED) is 0.551. The Kier molecular flexibility index (Phi) is 8.98. The molecule has 146 valence electrons. The van der Waals surface area contributed by atoms with Crippen LogP contribution < -0.4 is 4.72 Å². The van der Waals surface area contributed by atoms with Crippen LogP contribution in [-0.4, -0.2) is 61.6 Å². The number of hydrogen-bond acceptors (Lipinski definition) is 6. The molecule has 8 nitrogen and oxygen atoms in total. The summed E-state index contributed by atoms with van der Waals surface area (Å²) in [5.41, 5.74) is 1.29. The molecule has 0 atom stereocenters. The van der Waals surface area contributed by atoms with Crippen molar-refractivity contribution in [2.75, 3.05) is 33.0 Å². The van der Waals surface area contributed by atoms with Gasteiger partial charge in [-0.25, -0.2) is 17.8 Å². The molecule has 0 amide bonds. The molecule has 1 N–H and O–H groups in total. The van der Waals surface area contributed by atoms with Gasteiger partial charge in [0.1, 0.15) is 0 Å². The van der Waals surface area contributed by atoms with Crippen molar-refractivity contribution in [3.8, 4) is 0 Å². The summed E-state index contributed by atoms with van der Waals surface area (Å²) in [7, 11) is -3.22. The van der Waals surface area contributed by atoms with Gasteiger partial charge in [0.25, 0.3) is 0 Å². The van der Waals surface area contributed by atoms with E-state index in [1.165, 1.54) is 0 Å². The molecule has 0 spiro atoms. The van der Waals surface area contributed by atoms with Gasteiger partial charge in [0, 0.05) is 6.54 Å². The van der Waals surface area contributed by atoms with Crippen LogP contribution in [0.4, 0.5) is 0 Å². The molecule has 1 aromatic heterocycles. The SMILES string of the molecule is CC(C)S(=O)(=O)NCCOCCOCCn1nncc1CC(C)(C)C. The second kappa shape index (κ2) is 10.2. The second-order valence-electron chi connectivity index (χ2n) is 7.40. The zero-order chi connectivity index (χ0) is 18.9. The van der Waals surface area contributed by atoms with E-state index in [0.29, 0.717) is 33.0 Å². The number of hydrogen-bond donors (Lipinski definition) is 1. The minimum Gasteiger partial charge on any atom is -0.378 e. The van der Waals surface area contributed by atoms with Crippen LogP contribution in [0.3, 0.4) is 0 Å². The summed E-state index contributed by atoms with van der Waals surface area (Å²) >= 11 is 0. The molecule has 9 heteroatoms. The maximum atomic E-state index is 11.5. The Morgan fingerprint density at radius 1 is 1.16 bits per heavy atom. The fourth-order valence-corrected chi connectivity index (χ4v) is 2.74. The lowest BCUT2D eigenvalue weighted by Gasteiger charge is -2.18. The van der Waals surface area contributed by atoms with E-state index in [1.54, 1.807) is 20.0 Å². The highest BCUT2D eigenvalue weighted by atomic mass is 32.2. The third-order valence-corrected chi connectivity index (χ3v) is 5.25. The molecule has 1 rings (SSSR count). The van der Waals surface area contributed by atoms with Crippen LogP contribution in [0.2, 0.25) is 0 Å².